The molecule has 1 heterocycles. The first-order valence-electron chi connectivity index (χ1n) is 9.99. The van der Waals surface area contributed by atoms with Crippen molar-refractivity contribution in [1.29, 1.82) is 0 Å². The zero-order chi connectivity index (χ0) is 23.3. The number of fused-ring (bicyclic) bond motifs is 1. The highest BCUT2D eigenvalue weighted by molar-refractivity contribution is 7.90. The van der Waals surface area contributed by atoms with E-state index in [1.165, 1.54) is 12.1 Å². The molecule has 0 saturated heterocycles. The third kappa shape index (κ3) is 3.81. The maximum Gasteiger partial charge on any atom is 0.416 e. The fourth-order valence-electron chi connectivity index (χ4n) is 4.01. The quantitative estimate of drug-likeness (QED) is 0.366. The van der Waals surface area contributed by atoms with Gasteiger partial charge in [-0.05, 0) is 79.4 Å². The second kappa shape index (κ2) is 7.81. The van der Waals surface area contributed by atoms with E-state index in [0.717, 1.165) is 32.8 Å². The molecule has 3 aromatic carbocycles. The van der Waals surface area contributed by atoms with Crippen molar-refractivity contribution in [3.05, 3.63) is 100 Å². The zero-order valence-electron chi connectivity index (χ0n) is 17.8. The molecule has 0 fully saturated rings. The molecule has 0 spiro atoms. The van der Waals surface area contributed by atoms with Crippen LogP contribution in [-0.4, -0.2) is 12.4 Å². The van der Waals surface area contributed by atoms with Crippen LogP contribution in [0, 0.1) is 26.8 Å². The summed E-state index contributed by atoms with van der Waals surface area (Å²) in [5.74, 6) is 0. The van der Waals surface area contributed by atoms with E-state index in [4.69, 9.17) is 0 Å². The SMILES string of the molecule is Cc1[c]ccc(C)c1Cc1cc2c(C)cc(C(F)(F)F)cc2n1S(=O)(=O)c1ccccc1. The highest BCUT2D eigenvalue weighted by Crippen LogP contribution is 2.36. The van der Waals surface area contributed by atoms with Crippen molar-refractivity contribution >= 4 is 20.9 Å². The Balaban J connectivity index is 2.06. The minimum atomic E-state index is -4.59. The van der Waals surface area contributed by atoms with Crippen LogP contribution >= 0.6 is 0 Å². The maximum absolute atomic E-state index is 13.6. The van der Waals surface area contributed by atoms with Crippen LogP contribution in [0.25, 0.3) is 10.9 Å². The molecule has 0 saturated carbocycles. The predicted octanol–water partition coefficient (Wildman–Crippen LogP) is 6.21. The molecule has 0 aliphatic heterocycles. The third-order valence-corrected chi connectivity index (χ3v) is 7.46. The minimum Gasteiger partial charge on any atom is -0.238 e. The largest absolute Gasteiger partial charge is 0.416 e. The van der Waals surface area contributed by atoms with E-state index in [-0.39, 0.29) is 16.8 Å². The Morgan fingerprint density at radius 3 is 2.25 bits per heavy atom. The Morgan fingerprint density at radius 2 is 1.62 bits per heavy atom. The summed E-state index contributed by atoms with van der Waals surface area (Å²) in [6, 6.07) is 18.2. The monoisotopic (exact) mass is 456 g/mol. The number of halogens is 3. The Kier molecular flexibility index (Phi) is 5.41. The second-order valence-corrected chi connectivity index (χ2v) is 9.67. The number of hydrogen-bond donors (Lipinski definition) is 0. The van der Waals surface area contributed by atoms with E-state index in [1.807, 2.05) is 19.9 Å². The van der Waals surface area contributed by atoms with Gasteiger partial charge < -0.3 is 0 Å². The molecule has 4 aromatic rings. The molecule has 7 heteroatoms. The number of alkyl halides is 3. The summed E-state index contributed by atoms with van der Waals surface area (Å²) in [5.41, 5.74) is 2.63. The summed E-state index contributed by atoms with van der Waals surface area (Å²) in [6.07, 6.45) is -4.34. The number of hydrogen-bond acceptors (Lipinski definition) is 2. The van der Waals surface area contributed by atoms with Crippen molar-refractivity contribution < 1.29 is 21.6 Å². The summed E-state index contributed by atoms with van der Waals surface area (Å²) in [7, 11) is -4.14. The lowest BCUT2D eigenvalue weighted by atomic mass is 9.98. The Morgan fingerprint density at radius 1 is 0.938 bits per heavy atom. The molecule has 0 bridgehead atoms. The Bertz CT molecular complexity index is 1400. The van der Waals surface area contributed by atoms with Crippen LogP contribution in [0.3, 0.4) is 0 Å². The molecule has 0 aliphatic rings. The Hall–Kier alpha value is -3.06. The molecule has 4 rings (SSSR count). The van der Waals surface area contributed by atoms with Gasteiger partial charge in [-0.25, -0.2) is 12.4 Å². The molecule has 3 nitrogen and oxygen atoms in total. The summed E-state index contributed by atoms with van der Waals surface area (Å²) in [4.78, 5) is 0.0156. The van der Waals surface area contributed by atoms with Gasteiger partial charge in [-0.1, -0.05) is 30.3 Å². The molecule has 1 aromatic heterocycles. The smallest absolute Gasteiger partial charge is 0.238 e. The summed E-state index contributed by atoms with van der Waals surface area (Å²) >= 11 is 0. The average molecular weight is 457 g/mol. The molecule has 0 amide bonds. The Labute approximate surface area is 185 Å². The molecule has 0 aliphatic carbocycles. The van der Waals surface area contributed by atoms with Crippen molar-refractivity contribution in [3.8, 4) is 0 Å². The molecular weight excluding hydrogens is 435 g/mol. The van der Waals surface area contributed by atoms with Crippen molar-refractivity contribution in [2.45, 2.75) is 38.3 Å². The van der Waals surface area contributed by atoms with E-state index >= 15 is 0 Å². The lowest BCUT2D eigenvalue weighted by Crippen LogP contribution is -2.17. The minimum absolute atomic E-state index is 0.0156. The zero-order valence-corrected chi connectivity index (χ0v) is 18.6. The molecule has 1 radical (unpaired) electrons. The van der Waals surface area contributed by atoms with Crippen LogP contribution in [0.1, 0.15) is 33.5 Å². The van der Waals surface area contributed by atoms with Crippen molar-refractivity contribution in [3.63, 3.8) is 0 Å². The number of rotatable bonds is 4. The number of benzene rings is 3. The van der Waals surface area contributed by atoms with Gasteiger partial charge in [0.15, 0.2) is 0 Å². The summed E-state index contributed by atoms with van der Waals surface area (Å²) < 4.78 is 69.0. The molecule has 32 heavy (non-hydrogen) atoms. The standard InChI is InChI=1S/C25H21F3NO2S/c1-16-8-7-9-17(2)22(16)14-20-15-23-18(3)12-19(25(26,27)28)13-24(23)29(20)32(30,31)21-10-5-4-6-11-21/h4-8,10-13,15H,14H2,1-3H3. The van der Waals surface area contributed by atoms with Crippen molar-refractivity contribution in [2.24, 2.45) is 0 Å². The van der Waals surface area contributed by atoms with Gasteiger partial charge in [0.05, 0.1) is 16.0 Å². The first-order chi connectivity index (χ1) is 15.0. The number of aryl methyl sites for hydroxylation is 3. The highest BCUT2D eigenvalue weighted by atomic mass is 32.2. The van der Waals surface area contributed by atoms with Gasteiger partial charge in [-0.15, -0.1) is 0 Å². The average Bonchev–Trinajstić information content (AvgIpc) is 3.10. The summed E-state index contributed by atoms with van der Waals surface area (Å²) in [6.45, 7) is 5.36. The first kappa shape index (κ1) is 22.1. The fraction of sp³-hybridized carbons (Fsp3) is 0.200. The summed E-state index contributed by atoms with van der Waals surface area (Å²) in [5, 5.41) is 0.475. The van der Waals surface area contributed by atoms with Crippen LogP contribution in [0.2, 0.25) is 0 Å². The predicted molar refractivity (Wildman–Crippen MR) is 118 cm³/mol. The van der Waals surface area contributed by atoms with Gasteiger partial charge in [0.25, 0.3) is 10.0 Å². The van der Waals surface area contributed by atoms with Crippen LogP contribution in [0.15, 0.2) is 65.6 Å². The lowest BCUT2D eigenvalue weighted by molar-refractivity contribution is -0.137. The molecule has 0 N–H and O–H groups in total. The van der Waals surface area contributed by atoms with E-state index in [2.05, 4.69) is 6.07 Å². The number of nitrogens with zero attached hydrogens (tertiary/aromatic N) is 1. The van der Waals surface area contributed by atoms with Crippen LogP contribution in [0.5, 0.6) is 0 Å². The van der Waals surface area contributed by atoms with Gasteiger partial charge in [-0.3, -0.25) is 0 Å². The van der Waals surface area contributed by atoms with E-state index in [9.17, 15) is 21.6 Å². The topological polar surface area (TPSA) is 39.1 Å². The van der Waals surface area contributed by atoms with Crippen molar-refractivity contribution in [1.82, 2.24) is 3.97 Å². The van der Waals surface area contributed by atoms with Crippen molar-refractivity contribution in [2.75, 3.05) is 0 Å². The molecule has 165 valence electrons. The molecule has 0 atom stereocenters. The number of aromatic nitrogens is 1. The first-order valence-corrected chi connectivity index (χ1v) is 11.4. The van der Waals surface area contributed by atoms with Gasteiger partial charge in [0, 0.05) is 17.5 Å². The highest BCUT2D eigenvalue weighted by Gasteiger charge is 2.33. The molecule has 0 unspecified atom stereocenters. The van der Waals surface area contributed by atoms with Gasteiger partial charge in [0.1, 0.15) is 0 Å². The third-order valence-electron chi connectivity index (χ3n) is 5.68. The van der Waals surface area contributed by atoms with Gasteiger partial charge >= 0.3 is 6.18 Å². The normalized spacial score (nSPS) is 12.4. The second-order valence-electron chi connectivity index (χ2n) is 7.88. The van der Waals surface area contributed by atoms with E-state index in [0.29, 0.717) is 16.6 Å². The van der Waals surface area contributed by atoms with E-state index in [1.54, 1.807) is 37.3 Å². The van der Waals surface area contributed by atoms with Crippen LogP contribution in [-0.2, 0) is 22.6 Å². The van der Waals surface area contributed by atoms with Gasteiger partial charge in [-0.2, -0.15) is 13.2 Å². The van der Waals surface area contributed by atoms with Gasteiger partial charge in [0.2, 0.25) is 0 Å². The van der Waals surface area contributed by atoms with E-state index < -0.39 is 21.8 Å². The maximum atomic E-state index is 13.6. The molecular formula is C25H21F3NO2S. The van der Waals surface area contributed by atoms with Crippen LogP contribution in [0.4, 0.5) is 13.2 Å². The lowest BCUT2D eigenvalue weighted by Gasteiger charge is -2.15. The van der Waals surface area contributed by atoms with Crippen LogP contribution < -0.4 is 0 Å². The fourth-order valence-corrected chi connectivity index (χ4v) is 5.56.